The number of nitrogens with one attached hydrogen (secondary N) is 1. The second kappa shape index (κ2) is 5.16. The first-order valence-electron chi connectivity index (χ1n) is 6.79. The van der Waals surface area contributed by atoms with E-state index in [1.165, 1.54) is 10.8 Å². The van der Waals surface area contributed by atoms with E-state index in [9.17, 15) is 0 Å². The lowest BCUT2D eigenvalue weighted by atomic mass is 10.1. The molecular weight excluding hydrogens is 242 g/mol. The highest BCUT2D eigenvalue weighted by atomic mass is 14.7. The summed E-state index contributed by atoms with van der Waals surface area (Å²) < 4.78 is 0. The van der Waals surface area contributed by atoms with Crippen molar-refractivity contribution in [2.24, 2.45) is 0 Å². The van der Waals surface area contributed by atoms with E-state index in [1.807, 2.05) is 13.0 Å². The van der Waals surface area contributed by atoms with Crippen LogP contribution in [-0.4, -0.2) is 4.98 Å². The molecule has 1 heteroatoms. The highest BCUT2D eigenvalue weighted by Crippen LogP contribution is 2.26. The minimum Gasteiger partial charge on any atom is -0.355 e. The molecule has 1 aromatic heterocycles. The van der Waals surface area contributed by atoms with Crippen LogP contribution in [0.1, 0.15) is 31.4 Å². The fraction of sp³-hybridized carbons (Fsp3) is 0.158. The highest BCUT2D eigenvalue weighted by molar-refractivity contribution is 6.08. The van der Waals surface area contributed by atoms with Crippen LogP contribution < -0.4 is 0 Å². The van der Waals surface area contributed by atoms with Gasteiger partial charge in [-0.1, -0.05) is 24.7 Å². The summed E-state index contributed by atoms with van der Waals surface area (Å²) in [6.45, 7) is 3.92. The summed E-state index contributed by atoms with van der Waals surface area (Å²) in [6, 6.07) is 12.6. The van der Waals surface area contributed by atoms with Gasteiger partial charge in [-0.05, 0) is 43.3 Å². The summed E-state index contributed by atoms with van der Waals surface area (Å²) in [5, 5.41) is 2.42. The van der Waals surface area contributed by atoms with Crippen LogP contribution in [0.5, 0.6) is 0 Å². The highest BCUT2D eigenvalue weighted by Gasteiger charge is 2.05. The van der Waals surface area contributed by atoms with E-state index in [0.29, 0.717) is 0 Å². The molecule has 1 nitrogen and oxygen atoms in total. The molecule has 0 fully saturated rings. The Morgan fingerprint density at radius 1 is 0.900 bits per heavy atom. The number of rotatable bonds is 0. The van der Waals surface area contributed by atoms with Gasteiger partial charge in [-0.2, -0.15) is 0 Å². The molecule has 0 unspecified atom stereocenters. The van der Waals surface area contributed by atoms with Crippen LogP contribution >= 0.6 is 0 Å². The quantitative estimate of drug-likeness (QED) is 0.572. The van der Waals surface area contributed by atoms with Crippen molar-refractivity contribution in [2.45, 2.75) is 20.3 Å². The van der Waals surface area contributed by atoms with Crippen molar-refractivity contribution in [1.29, 1.82) is 0 Å². The lowest BCUT2D eigenvalue weighted by molar-refractivity contribution is 1.28. The first-order chi connectivity index (χ1) is 9.81. The van der Waals surface area contributed by atoms with Gasteiger partial charge < -0.3 is 4.98 Å². The van der Waals surface area contributed by atoms with Crippen LogP contribution in [-0.2, 0) is 0 Å². The summed E-state index contributed by atoms with van der Waals surface area (Å²) >= 11 is 0. The second-order valence-corrected chi connectivity index (χ2v) is 4.68. The number of hydrogen-bond donors (Lipinski definition) is 1. The monoisotopic (exact) mass is 257 g/mol. The lowest BCUT2D eigenvalue weighted by Crippen LogP contribution is -1.75. The van der Waals surface area contributed by atoms with Crippen molar-refractivity contribution >= 4 is 21.8 Å². The molecule has 0 radical (unpaired) electrons. The van der Waals surface area contributed by atoms with E-state index >= 15 is 0 Å². The molecule has 0 aliphatic carbocycles. The van der Waals surface area contributed by atoms with E-state index in [0.717, 1.165) is 28.6 Å². The summed E-state index contributed by atoms with van der Waals surface area (Å²) in [5.74, 6) is 12.4. The minimum absolute atomic E-state index is 0.877. The molecule has 0 spiro atoms. The number of aromatic amines is 1. The molecule has 0 saturated heterocycles. The maximum absolute atomic E-state index is 3.43. The molecule has 1 N–H and O–H groups in total. The van der Waals surface area contributed by atoms with Gasteiger partial charge in [0.25, 0.3) is 0 Å². The van der Waals surface area contributed by atoms with E-state index in [1.54, 1.807) is 0 Å². The normalized spacial score (nSPS) is 9.90. The van der Waals surface area contributed by atoms with Crippen LogP contribution in [0.4, 0.5) is 0 Å². The van der Waals surface area contributed by atoms with Gasteiger partial charge in [0.2, 0.25) is 0 Å². The van der Waals surface area contributed by atoms with Gasteiger partial charge in [0.1, 0.15) is 0 Å². The summed E-state index contributed by atoms with van der Waals surface area (Å²) in [7, 11) is 0. The van der Waals surface area contributed by atoms with Gasteiger partial charge in [-0.3, -0.25) is 0 Å². The average Bonchev–Trinajstić information content (AvgIpc) is 2.83. The standard InChI is InChI=1S/C19H15N/c1-3-5-7-15-9-11-19-17(13-15)16-12-14(6-4-2)8-10-18(16)20-19/h8-13,20H,3H2,1-2H3. The molecule has 0 saturated carbocycles. The molecule has 0 bridgehead atoms. The summed E-state index contributed by atoms with van der Waals surface area (Å²) in [4.78, 5) is 3.43. The Balaban J connectivity index is 2.27. The Kier molecular flexibility index (Phi) is 3.20. The Morgan fingerprint density at radius 3 is 2.05 bits per heavy atom. The Bertz CT molecular complexity index is 905. The minimum atomic E-state index is 0.877. The predicted molar refractivity (Wildman–Crippen MR) is 85.5 cm³/mol. The zero-order valence-electron chi connectivity index (χ0n) is 11.7. The molecule has 3 rings (SSSR count). The zero-order chi connectivity index (χ0) is 13.9. The number of benzene rings is 2. The maximum Gasteiger partial charge on any atom is 0.0465 e. The Morgan fingerprint density at radius 2 is 1.50 bits per heavy atom. The summed E-state index contributed by atoms with van der Waals surface area (Å²) in [6.07, 6.45) is 0.877. The largest absolute Gasteiger partial charge is 0.355 e. The predicted octanol–water partition coefficient (Wildman–Crippen LogP) is 4.45. The van der Waals surface area contributed by atoms with Crippen molar-refractivity contribution in [1.82, 2.24) is 4.98 Å². The Labute approximate surface area is 119 Å². The van der Waals surface area contributed by atoms with Crippen molar-refractivity contribution in [3.8, 4) is 23.7 Å². The van der Waals surface area contributed by atoms with Crippen LogP contribution in [0.25, 0.3) is 21.8 Å². The molecule has 96 valence electrons. The molecule has 20 heavy (non-hydrogen) atoms. The van der Waals surface area contributed by atoms with Crippen LogP contribution in [0.15, 0.2) is 36.4 Å². The molecular formula is C19H15N. The van der Waals surface area contributed by atoms with Gasteiger partial charge in [-0.15, -0.1) is 5.92 Å². The second-order valence-electron chi connectivity index (χ2n) is 4.68. The number of H-pyrrole nitrogens is 1. The average molecular weight is 257 g/mol. The van der Waals surface area contributed by atoms with E-state index in [2.05, 4.69) is 65.9 Å². The fourth-order valence-corrected chi connectivity index (χ4v) is 2.39. The third-order valence-corrected chi connectivity index (χ3v) is 3.28. The smallest absolute Gasteiger partial charge is 0.0465 e. The van der Waals surface area contributed by atoms with Crippen LogP contribution in [0, 0.1) is 23.7 Å². The van der Waals surface area contributed by atoms with Crippen molar-refractivity contribution < 1.29 is 0 Å². The fourth-order valence-electron chi connectivity index (χ4n) is 2.39. The van der Waals surface area contributed by atoms with E-state index in [-0.39, 0.29) is 0 Å². The number of hydrogen-bond acceptors (Lipinski definition) is 0. The van der Waals surface area contributed by atoms with Crippen LogP contribution in [0.2, 0.25) is 0 Å². The molecule has 0 aliphatic rings. The topological polar surface area (TPSA) is 15.8 Å². The van der Waals surface area contributed by atoms with Crippen LogP contribution in [0.3, 0.4) is 0 Å². The maximum atomic E-state index is 3.43. The SMILES string of the molecule is CC#Cc1ccc2[nH]c3ccc(C#CCC)cc3c2c1. The Hall–Kier alpha value is -2.64. The number of fused-ring (bicyclic) bond motifs is 3. The van der Waals surface area contributed by atoms with Crippen molar-refractivity contribution in [3.05, 3.63) is 47.5 Å². The van der Waals surface area contributed by atoms with Gasteiger partial charge in [0.15, 0.2) is 0 Å². The lowest BCUT2D eigenvalue weighted by Gasteiger charge is -1.94. The van der Waals surface area contributed by atoms with Gasteiger partial charge in [-0.25, -0.2) is 0 Å². The summed E-state index contributed by atoms with van der Waals surface area (Å²) in [5.41, 5.74) is 4.39. The first kappa shape index (κ1) is 12.4. The zero-order valence-corrected chi connectivity index (χ0v) is 11.7. The third kappa shape index (κ3) is 2.15. The molecule has 0 aliphatic heterocycles. The third-order valence-electron chi connectivity index (χ3n) is 3.28. The van der Waals surface area contributed by atoms with Crippen molar-refractivity contribution in [3.63, 3.8) is 0 Å². The van der Waals surface area contributed by atoms with Gasteiger partial charge in [0, 0.05) is 39.4 Å². The van der Waals surface area contributed by atoms with E-state index in [4.69, 9.17) is 0 Å². The molecule has 0 atom stereocenters. The molecule has 0 amide bonds. The van der Waals surface area contributed by atoms with E-state index < -0.39 is 0 Å². The molecule has 1 heterocycles. The number of aromatic nitrogens is 1. The molecule has 3 aromatic rings. The first-order valence-corrected chi connectivity index (χ1v) is 6.79. The van der Waals surface area contributed by atoms with Gasteiger partial charge >= 0.3 is 0 Å². The molecule has 2 aromatic carbocycles. The van der Waals surface area contributed by atoms with Gasteiger partial charge in [0.05, 0.1) is 0 Å². The van der Waals surface area contributed by atoms with Crippen molar-refractivity contribution in [2.75, 3.05) is 0 Å².